The van der Waals surface area contributed by atoms with Crippen LogP contribution >= 0.6 is 11.6 Å². The van der Waals surface area contributed by atoms with Crippen LogP contribution in [0.3, 0.4) is 0 Å². The van der Waals surface area contributed by atoms with E-state index >= 15 is 0 Å². The quantitative estimate of drug-likeness (QED) is 0.191. The number of carbonyl (C=O) groups is 2. The second-order valence-electron chi connectivity index (χ2n) is 9.37. The van der Waals surface area contributed by atoms with E-state index < -0.39 is 37.4 Å². The first-order chi connectivity index (χ1) is 20.4. The number of halogens is 1. The monoisotopic (exact) mass is 638 g/mol. The highest BCUT2D eigenvalue weighted by atomic mass is 35.5. The van der Waals surface area contributed by atoms with Crippen LogP contribution in [0.1, 0.15) is 32.2 Å². The molecule has 2 heterocycles. The zero-order valence-electron chi connectivity index (χ0n) is 22.4. The Labute approximate surface area is 252 Å². The van der Waals surface area contributed by atoms with Crippen molar-refractivity contribution in [3.8, 4) is 0 Å². The molecule has 0 spiro atoms. The lowest BCUT2D eigenvalue weighted by Gasteiger charge is -2.21. The van der Waals surface area contributed by atoms with Crippen LogP contribution in [0.5, 0.6) is 0 Å². The van der Waals surface area contributed by atoms with E-state index in [-0.39, 0.29) is 38.2 Å². The Kier molecular flexibility index (Phi) is 8.27. The van der Waals surface area contributed by atoms with E-state index in [0.29, 0.717) is 5.02 Å². The molecule has 43 heavy (non-hydrogen) atoms. The van der Waals surface area contributed by atoms with Gasteiger partial charge in [-0.15, -0.1) is 0 Å². The molecule has 2 aromatic heterocycles. The molecule has 220 valence electrons. The Morgan fingerprint density at radius 3 is 1.86 bits per heavy atom. The lowest BCUT2D eigenvalue weighted by Crippen LogP contribution is -2.36. The van der Waals surface area contributed by atoms with Gasteiger partial charge in [0, 0.05) is 5.02 Å². The average Bonchev–Trinajstić information content (AvgIpc) is 3.70. The van der Waals surface area contributed by atoms with Gasteiger partial charge in [0.15, 0.2) is 21.4 Å². The lowest BCUT2D eigenvalue weighted by molar-refractivity contribution is 0.0867. The van der Waals surface area contributed by atoms with Gasteiger partial charge < -0.3 is 8.83 Å². The minimum Gasteiger partial charge on any atom is -0.459 e. The highest BCUT2D eigenvalue weighted by Gasteiger charge is 2.31. The summed E-state index contributed by atoms with van der Waals surface area (Å²) in [5.41, 5.74) is 0.692. The average molecular weight is 639 g/mol. The topological polar surface area (TPSA) is 144 Å². The predicted molar refractivity (Wildman–Crippen MR) is 159 cm³/mol. The predicted octanol–water partition coefficient (Wildman–Crippen LogP) is 6.10. The second kappa shape index (κ2) is 11.9. The molecule has 5 aromatic rings. The van der Waals surface area contributed by atoms with Gasteiger partial charge in [0.2, 0.25) is 0 Å². The number of aryl methyl sites for hydroxylation is 1. The van der Waals surface area contributed by atoms with Crippen LogP contribution in [0.25, 0.3) is 0 Å². The molecule has 0 fully saturated rings. The summed E-state index contributed by atoms with van der Waals surface area (Å²) in [6, 6.07) is 21.1. The number of hydrogen-bond donors (Lipinski definition) is 1. The number of nitrogens with one attached hydrogen (secondary N) is 1. The van der Waals surface area contributed by atoms with Crippen molar-refractivity contribution < 1.29 is 35.3 Å². The maximum absolute atomic E-state index is 13.5. The number of rotatable bonds is 9. The van der Waals surface area contributed by atoms with Crippen molar-refractivity contribution in [3.05, 3.63) is 131 Å². The molecule has 10 nitrogen and oxygen atoms in total. The van der Waals surface area contributed by atoms with Crippen molar-refractivity contribution in [2.45, 2.75) is 22.5 Å². The number of hydrogen-bond acceptors (Lipinski definition) is 8. The molecule has 0 aliphatic heterocycles. The zero-order chi connectivity index (χ0) is 30.8. The number of nitrogens with zero attached hydrogens (tertiary/aromatic N) is 1. The molecule has 0 unspecified atom stereocenters. The Hall–Kier alpha value is -4.65. The van der Waals surface area contributed by atoms with Crippen LogP contribution < -0.4 is 9.62 Å². The smallest absolute Gasteiger partial charge is 0.301 e. The number of furan rings is 2. The third-order valence-electron chi connectivity index (χ3n) is 6.31. The van der Waals surface area contributed by atoms with Gasteiger partial charge in [-0.05, 0) is 91.3 Å². The van der Waals surface area contributed by atoms with Gasteiger partial charge in [0.1, 0.15) is 0 Å². The van der Waals surface area contributed by atoms with Crippen LogP contribution in [0, 0.1) is 6.92 Å². The maximum Gasteiger partial charge on any atom is 0.301 e. The molecule has 0 radical (unpaired) electrons. The molecule has 1 N–H and O–H groups in total. The summed E-state index contributed by atoms with van der Waals surface area (Å²) in [5.74, 6) is -2.70. The van der Waals surface area contributed by atoms with E-state index in [4.69, 9.17) is 20.4 Å². The van der Waals surface area contributed by atoms with E-state index in [0.717, 1.165) is 10.5 Å². The maximum atomic E-state index is 13.5. The summed E-state index contributed by atoms with van der Waals surface area (Å²) in [4.78, 5) is 27.5. The highest BCUT2D eigenvalue weighted by Crippen LogP contribution is 2.31. The number of anilines is 2. The number of sulfone groups is 1. The van der Waals surface area contributed by atoms with Crippen LogP contribution in [0.4, 0.5) is 11.4 Å². The molecule has 5 rings (SSSR count). The molecular weight excluding hydrogens is 616 g/mol. The van der Waals surface area contributed by atoms with E-state index in [1.807, 2.05) is 6.92 Å². The molecule has 0 aliphatic rings. The molecule has 2 amide bonds. The summed E-state index contributed by atoms with van der Waals surface area (Å²) in [5, 5.41) is 0.329. The van der Waals surface area contributed by atoms with Crippen molar-refractivity contribution >= 4 is 54.7 Å². The van der Waals surface area contributed by atoms with E-state index in [1.54, 1.807) is 12.1 Å². The summed E-state index contributed by atoms with van der Waals surface area (Å²) in [7, 11) is -8.22. The number of carbonyl (C=O) groups excluding carboxylic acids is 2. The van der Waals surface area contributed by atoms with Gasteiger partial charge in [-0.3, -0.25) is 14.3 Å². The van der Waals surface area contributed by atoms with Gasteiger partial charge in [-0.25, -0.2) is 21.7 Å². The number of benzene rings is 3. The molecule has 0 saturated heterocycles. The van der Waals surface area contributed by atoms with Gasteiger partial charge in [0.05, 0.1) is 39.4 Å². The standard InChI is InChI=1S/C30H23ClN2O8S2/c1-20-6-11-24(12-7-20)42(36,37)19-21-18-23(10-15-26(21)32-43(38,39)25-13-8-22(31)9-14-25)33(29(34)27-4-2-16-40-27)30(35)28-5-3-17-41-28/h2-18,32H,19H2,1H3. The Bertz CT molecular complexity index is 1940. The first-order valence-corrected chi connectivity index (χ1v) is 16.1. The Balaban J connectivity index is 1.62. The number of amides is 2. The van der Waals surface area contributed by atoms with Crippen molar-refractivity contribution in [2.24, 2.45) is 0 Å². The second-order valence-corrected chi connectivity index (χ2v) is 13.5. The molecule has 0 bridgehead atoms. The van der Waals surface area contributed by atoms with Crippen LogP contribution in [-0.2, 0) is 25.6 Å². The summed E-state index contributed by atoms with van der Waals surface area (Å²) in [6.07, 6.45) is 2.52. The molecule has 0 saturated carbocycles. The van der Waals surface area contributed by atoms with E-state index in [1.165, 1.54) is 91.4 Å². The summed E-state index contributed by atoms with van der Waals surface area (Å²) in [6.45, 7) is 1.81. The lowest BCUT2D eigenvalue weighted by atomic mass is 10.1. The fourth-order valence-corrected chi connectivity index (χ4v) is 6.73. The van der Waals surface area contributed by atoms with Crippen LogP contribution in [0.2, 0.25) is 5.02 Å². The van der Waals surface area contributed by atoms with Crippen LogP contribution in [-0.4, -0.2) is 28.6 Å². The van der Waals surface area contributed by atoms with Gasteiger partial charge >= 0.3 is 11.8 Å². The van der Waals surface area contributed by atoms with Crippen molar-refractivity contribution in [1.82, 2.24) is 0 Å². The zero-order valence-corrected chi connectivity index (χ0v) is 24.8. The first kappa shape index (κ1) is 29.8. The summed E-state index contributed by atoms with van der Waals surface area (Å²) < 4.78 is 66.3. The summed E-state index contributed by atoms with van der Waals surface area (Å²) >= 11 is 5.90. The Morgan fingerprint density at radius 1 is 0.767 bits per heavy atom. The van der Waals surface area contributed by atoms with Gasteiger partial charge in [0.25, 0.3) is 10.0 Å². The van der Waals surface area contributed by atoms with Gasteiger partial charge in [-0.2, -0.15) is 0 Å². The van der Waals surface area contributed by atoms with Crippen LogP contribution in [0.15, 0.2) is 122 Å². The van der Waals surface area contributed by atoms with Gasteiger partial charge in [-0.1, -0.05) is 29.3 Å². The largest absolute Gasteiger partial charge is 0.459 e. The third-order valence-corrected chi connectivity index (χ3v) is 9.63. The number of sulfonamides is 1. The molecule has 3 aromatic carbocycles. The SMILES string of the molecule is Cc1ccc(S(=O)(=O)Cc2cc(N(C(=O)c3ccco3)C(=O)c3ccco3)ccc2NS(=O)(=O)c2ccc(Cl)cc2)cc1. The molecule has 0 atom stereocenters. The fraction of sp³-hybridized carbons (Fsp3) is 0.0667. The highest BCUT2D eigenvalue weighted by molar-refractivity contribution is 7.92. The van der Waals surface area contributed by atoms with Crippen molar-refractivity contribution in [1.29, 1.82) is 0 Å². The normalized spacial score (nSPS) is 11.7. The van der Waals surface area contributed by atoms with E-state index in [9.17, 15) is 26.4 Å². The number of imide groups is 1. The molecular formula is C30H23ClN2O8S2. The Morgan fingerprint density at radius 2 is 1.33 bits per heavy atom. The minimum absolute atomic E-state index is 0.00481. The molecule has 0 aliphatic carbocycles. The third kappa shape index (κ3) is 6.56. The molecule has 13 heteroatoms. The first-order valence-electron chi connectivity index (χ1n) is 12.6. The van der Waals surface area contributed by atoms with Crippen molar-refractivity contribution in [3.63, 3.8) is 0 Å². The fourth-order valence-electron chi connectivity index (χ4n) is 4.14. The van der Waals surface area contributed by atoms with E-state index in [2.05, 4.69) is 4.72 Å². The van der Waals surface area contributed by atoms with Crippen molar-refractivity contribution in [2.75, 3.05) is 9.62 Å². The minimum atomic E-state index is -4.20.